The van der Waals surface area contributed by atoms with Crippen molar-refractivity contribution in [2.45, 2.75) is 6.54 Å². The van der Waals surface area contributed by atoms with Crippen LogP contribution < -0.4 is 4.74 Å². The van der Waals surface area contributed by atoms with Crippen molar-refractivity contribution in [1.82, 2.24) is 4.90 Å². The van der Waals surface area contributed by atoms with Gasteiger partial charge in [-0.05, 0) is 23.8 Å². The lowest BCUT2D eigenvalue weighted by Crippen LogP contribution is -2.33. The SMILES string of the molecule is O=C(CN(CCOc1ccc2c(c1)oc1ccccc12)Cc1ccccc1)c1cccc([N+](=O)[O-])c1. The van der Waals surface area contributed by atoms with Gasteiger partial charge in [0, 0.05) is 47.6 Å². The van der Waals surface area contributed by atoms with Crippen LogP contribution in [0.4, 0.5) is 5.69 Å². The van der Waals surface area contributed by atoms with Crippen LogP contribution in [0.15, 0.2) is 101 Å². The molecule has 0 amide bonds. The van der Waals surface area contributed by atoms with Crippen molar-refractivity contribution in [1.29, 1.82) is 0 Å². The molecule has 0 N–H and O–H groups in total. The number of furan rings is 1. The average Bonchev–Trinajstić information content (AvgIpc) is 3.27. The van der Waals surface area contributed by atoms with Crippen molar-refractivity contribution < 1.29 is 18.9 Å². The van der Waals surface area contributed by atoms with Crippen LogP contribution in [0.3, 0.4) is 0 Å². The number of rotatable bonds is 10. The topological polar surface area (TPSA) is 85.8 Å². The molecule has 0 aliphatic carbocycles. The Morgan fingerprint density at radius 2 is 1.64 bits per heavy atom. The monoisotopic (exact) mass is 480 g/mol. The lowest BCUT2D eigenvalue weighted by Gasteiger charge is -2.22. The highest BCUT2D eigenvalue weighted by atomic mass is 16.6. The predicted molar refractivity (Wildman–Crippen MR) is 138 cm³/mol. The normalized spacial score (nSPS) is 11.2. The van der Waals surface area contributed by atoms with Gasteiger partial charge in [0.2, 0.25) is 0 Å². The summed E-state index contributed by atoms with van der Waals surface area (Å²) in [5.41, 5.74) is 2.88. The molecule has 0 atom stereocenters. The summed E-state index contributed by atoms with van der Waals surface area (Å²) in [4.78, 5) is 25.6. The highest BCUT2D eigenvalue weighted by Crippen LogP contribution is 2.31. The molecule has 180 valence electrons. The second kappa shape index (κ2) is 10.4. The average molecular weight is 481 g/mol. The summed E-state index contributed by atoms with van der Waals surface area (Å²) in [5, 5.41) is 13.2. The number of carbonyl (C=O) groups is 1. The predicted octanol–water partition coefficient (Wildman–Crippen LogP) is 6.26. The molecule has 1 heterocycles. The van der Waals surface area contributed by atoms with E-state index in [0.29, 0.717) is 31.0 Å². The van der Waals surface area contributed by atoms with E-state index < -0.39 is 4.92 Å². The zero-order valence-corrected chi connectivity index (χ0v) is 19.5. The molecule has 7 nitrogen and oxygen atoms in total. The number of Topliss-reactive ketones (excluding diaryl/α,β-unsaturated/α-hetero) is 1. The quantitative estimate of drug-likeness (QED) is 0.133. The second-order valence-corrected chi connectivity index (χ2v) is 8.53. The Hall–Kier alpha value is -4.49. The maximum absolute atomic E-state index is 13.0. The maximum atomic E-state index is 13.0. The van der Waals surface area contributed by atoms with E-state index in [2.05, 4.69) is 0 Å². The molecule has 0 spiro atoms. The molecule has 0 saturated carbocycles. The molecule has 0 fully saturated rings. The van der Waals surface area contributed by atoms with E-state index in [9.17, 15) is 14.9 Å². The number of ether oxygens (including phenoxy) is 1. The van der Waals surface area contributed by atoms with E-state index in [4.69, 9.17) is 9.15 Å². The fourth-order valence-corrected chi connectivity index (χ4v) is 4.23. The smallest absolute Gasteiger partial charge is 0.270 e. The van der Waals surface area contributed by atoms with Crippen LogP contribution in [0, 0.1) is 10.1 Å². The van der Waals surface area contributed by atoms with Gasteiger partial charge in [0.05, 0.1) is 11.5 Å². The van der Waals surface area contributed by atoms with Gasteiger partial charge in [-0.2, -0.15) is 0 Å². The first-order valence-electron chi connectivity index (χ1n) is 11.6. The molecule has 7 heteroatoms. The van der Waals surface area contributed by atoms with Crippen molar-refractivity contribution in [2.75, 3.05) is 19.7 Å². The Balaban J connectivity index is 1.28. The number of nitrogens with zero attached hydrogens (tertiary/aromatic N) is 2. The van der Waals surface area contributed by atoms with Gasteiger partial charge in [0.15, 0.2) is 5.78 Å². The number of hydrogen-bond donors (Lipinski definition) is 0. The summed E-state index contributed by atoms with van der Waals surface area (Å²) in [6, 6.07) is 29.4. The number of carbonyl (C=O) groups excluding carboxylic acids is 1. The highest BCUT2D eigenvalue weighted by molar-refractivity contribution is 6.05. The molecule has 0 aliphatic heterocycles. The number of nitro groups is 1. The largest absolute Gasteiger partial charge is 0.492 e. The van der Waals surface area contributed by atoms with E-state index >= 15 is 0 Å². The minimum Gasteiger partial charge on any atom is -0.492 e. The molecule has 0 radical (unpaired) electrons. The van der Waals surface area contributed by atoms with Gasteiger partial charge < -0.3 is 9.15 Å². The summed E-state index contributed by atoms with van der Waals surface area (Å²) in [5.74, 6) is 0.504. The fourth-order valence-electron chi connectivity index (χ4n) is 4.23. The van der Waals surface area contributed by atoms with Crippen LogP contribution in [0.5, 0.6) is 5.75 Å². The minimum atomic E-state index is -0.495. The summed E-state index contributed by atoms with van der Waals surface area (Å²) >= 11 is 0. The third-order valence-corrected chi connectivity index (χ3v) is 6.02. The Kier molecular flexibility index (Phi) is 6.73. The molecular formula is C29H24N2O5. The fraction of sp³-hybridized carbons (Fsp3) is 0.138. The first-order chi connectivity index (χ1) is 17.6. The number of hydrogen-bond acceptors (Lipinski definition) is 6. The Morgan fingerprint density at radius 1 is 0.861 bits per heavy atom. The Labute approximate surface area is 207 Å². The zero-order chi connectivity index (χ0) is 24.9. The second-order valence-electron chi connectivity index (χ2n) is 8.53. The van der Waals surface area contributed by atoms with Crippen molar-refractivity contribution >= 4 is 33.4 Å². The van der Waals surface area contributed by atoms with E-state index in [-0.39, 0.29) is 18.0 Å². The summed E-state index contributed by atoms with van der Waals surface area (Å²) < 4.78 is 12.0. The third kappa shape index (κ3) is 5.26. The van der Waals surface area contributed by atoms with Crippen LogP contribution in [-0.4, -0.2) is 35.3 Å². The van der Waals surface area contributed by atoms with Crippen molar-refractivity contribution in [3.63, 3.8) is 0 Å². The van der Waals surface area contributed by atoms with Gasteiger partial charge in [-0.15, -0.1) is 0 Å². The van der Waals surface area contributed by atoms with Gasteiger partial charge in [-0.25, -0.2) is 0 Å². The third-order valence-electron chi connectivity index (χ3n) is 6.02. The van der Waals surface area contributed by atoms with Gasteiger partial charge >= 0.3 is 0 Å². The number of ketones is 1. The number of fused-ring (bicyclic) bond motifs is 3. The first-order valence-corrected chi connectivity index (χ1v) is 11.6. The van der Waals surface area contributed by atoms with Gasteiger partial charge in [0.1, 0.15) is 23.5 Å². The lowest BCUT2D eigenvalue weighted by atomic mass is 10.1. The van der Waals surface area contributed by atoms with E-state index in [0.717, 1.165) is 27.5 Å². The molecule has 0 aliphatic rings. The Bertz CT molecular complexity index is 1530. The number of nitro benzene ring substituents is 1. The molecule has 1 aromatic heterocycles. The van der Waals surface area contributed by atoms with Gasteiger partial charge in [0.25, 0.3) is 5.69 Å². The number of benzene rings is 4. The van der Waals surface area contributed by atoms with E-state index in [1.54, 1.807) is 6.07 Å². The lowest BCUT2D eigenvalue weighted by molar-refractivity contribution is -0.384. The minimum absolute atomic E-state index is 0.0974. The van der Waals surface area contributed by atoms with Crippen LogP contribution in [0.2, 0.25) is 0 Å². The van der Waals surface area contributed by atoms with E-state index in [1.165, 1.54) is 18.2 Å². The standard InChI is InChI=1S/C29H24N2O5/c32-27(22-9-6-10-23(17-22)31(33)34)20-30(19-21-7-2-1-3-8-21)15-16-35-24-13-14-26-25-11-4-5-12-28(25)36-29(26)18-24/h1-14,17-18H,15-16,19-20H2. The van der Waals surface area contributed by atoms with Gasteiger partial charge in [-0.1, -0.05) is 60.7 Å². The zero-order valence-electron chi connectivity index (χ0n) is 19.5. The molecule has 36 heavy (non-hydrogen) atoms. The molecule has 0 bridgehead atoms. The van der Waals surface area contributed by atoms with Gasteiger partial charge in [-0.3, -0.25) is 19.8 Å². The van der Waals surface area contributed by atoms with Crippen molar-refractivity contribution in [3.8, 4) is 5.75 Å². The molecule has 0 unspecified atom stereocenters. The highest BCUT2D eigenvalue weighted by Gasteiger charge is 2.16. The summed E-state index contributed by atoms with van der Waals surface area (Å²) in [6.45, 7) is 1.52. The molecule has 5 rings (SSSR count). The van der Waals surface area contributed by atoms with E-state index in [1.807, 2.05) is 77.7 Å². The van der Waals surface area contributed by atoms with Crippen molar-refractivity contribution in [2.24, 2.45) is 0 Å². The maximum Gasteiger partial charge on any atom is 0.270 e. The first kappa shape index (κ1) is 23.3. The molecular weight excluding hydrogens is 456 g/mol. The number of para-hydroxylation sites is 1. The van der Waals surface area contributed by atoms with Crippen LogP contribution >= 0.6 is 0 Å². The van der Waals surface area contributed by atoms with Crippen LogP contribution in [0.25, 0.3) is 21.9 Å². The molecule has 0 saturated heterocycles. The molecule has 5 aromatic rings. The summed E-state index contributed by atoms with van der Waals surface area (Å²) in [6.07, 6.45) is 0. The molecule has 4 aromatic carbocycles. The Morgan fingerprint density at radius 3 is 2.47 bits per heavy atom. The van der Waals surface area contributed by atoms with Crippen LogP contribution in [0.1, 0.15) is 15.9 Å². The van der Waals surface area contributed by atoms with Crippen LogP contribution in [-0.2, 0) is 6.54 Å². The summed E-state index contributed by atoms with van der Waals surface area (Å²) in [7, 11) is 0. The van der Waals surface area contributed by atoms with Crippen molar-refractivity contribution in [3.05, 3.63) is 118 Å². The number of non-ortho nitro benzene ring substituents is 1.